The predicted octanol–water partition coefficient (Wildman–Crippen LogP) is 2.19. The van der Waals surface area contributed by atoms with Crippen LogP contribution in [0.2, 0.25) is 0 Å². The zero-order chi connectivity index (χ0) is 13.1. The molecule has 0 aromatic carbocycles. The van der Waals surface area contributed by atoms with Crippen LogP contribution in [0.15, 0.2) is 0 Å². The van der Waals surface area contributed by atoms with Crippen molar-refractivity contribution in [1.82, 2.24) is 4.90 Å². The third-order valence-electron chi connectivity index (χ3n) is 2.68. The standard InChI is InChI=1S/C10H15ClF3NO2/c1-9(3-2-6-17-9)8(16)15(5-4-11)7-10(12,13)14/h2-7H2,1H3. The van der Waals surface area contributed by atoms with Crippen LogP contribution in [0.4, 0.5) is 13.2 Å². The van der Waals surface area contributed by atoms with Gasteiger partial charge in [0.25, 0.3) is 5.91 Å². The van der Waals surface area contributed by atoms with Crippen LogP contribution in [0.3, 0.4) is 0 Å². The van der Waals surface area contributed by atoms with Crippen molar-refractivity contribution in [2.24, 2.45) is 0 Å². The van der Waals surface area contributed by atoms with Gasteiger partial charge in [0.05, 0.1) is 0 Å². The smallest absolute Gasteiger partial charge is 0.365 e. The van der Waals surface area contributed by atoms with E-state index in [9.17, 15) is 18.0 Å². The first-order chi connectivity index (χ1) is 7.78. The van der Waals surface area contributed by atoms with E-state index in [2.05, 4.69) is 0 Å². The fraction of sp³-hybridized carbons (Fsp3) is 0.900. The van der Waals surface area contributed by atoms with Crippen LogP contribution in [-0.2, 0) is 9.53 Å². The van der Waals surface area contributed by atoms with Crippen molar-refractivity contribution in [1.29, 1.82) is 0 Å². The summed E-state index contributed by atoms with van der Waals surface area (Å²) in [6.45, 7) is 0.527. The number of hydrogen-bond donors (Lipinski definition) is 0. The van der Waals surface area contributed by atoms with Crippen molar-refractivity contribution in [2.75, 3.05) is 25.6 Å². The Hall–Kier alpha value is -0.490. The number of amides is 1. The maximum absolute atomic E-state index is 12.3. The third-order valence-corrected chi connectivity index (χ3v) is 2.85. The van der Waals surface area contributed by atoms with E-state index in [1.54, 1.807) is 0 Å². The molecular formula is C10H15ClF3NO2. The number of nitrogens with zero attached hydrogens (tertiary/aromatic N) is 1. The normalized spacial score (nSPS) is 25.0. The first-order valence-electron chi connectivity index (χ1n) is 5.34. The maximum atomic E-state index is 12.3. The first kappa shape index (κ1) is 14.6. The Morgan fingerprint density at radius 2 is 2.18 bits per heavy atom. The minimum absolute atomic E-state index is 0.0299. The lowest BCUT2D eigenvalue weighted by atomic mass is 10.0. The van der Waals surface area contributed by atoms with E-state index < -0.39 is 24.2 Å². The topological polar surface area (TPSA) is 29.5 Å². The Morgan fingerprint density at radius 1 is 1.53 bits per heavy atom. The SMILES string of the molecule is CC1(C(=O)N(CCCl)CC(F)(F)F)CCCO1. The van der Waals surface area contributed by atoms with Gasteiger partial charge in [-0.25, -0.2) is 0 Å². The quantitative estimate of drug-likeness (QED) is 0.735. The second kappa shape index (κ2) is 5.44. The molecule has 7 heteroatoms. The van der Waals surface area contributed by atoms with Crippen molar-refractivity contribution < 1.29 is 22.7 Å². The van der Waals surface area contributed by atoms with Crippen LogP contribution in [0, 0.1) is 0 Å². The number of ether oxygens (including phenoxy) is 1. The zero-order valence-corrected chi connectivity index (χ0v) is 10.3. The summed E-state index contributed by atoms with van der Waals surface area (Å²) in [4.78, 5) is 12.7. The Bertz CT molecular complexity index is 277. The van der Waals surface area contributed by atoms with E-state index >= 15 is 0 Å². The van der Waals surface area contributed by atoms with E-state index in [4.69, 9.17) is 16.3 Å². The maximum Gasteiger partial charge on any atom is 0.406 e. The highest BCUT2D eigenvalue weighted by Gasteiger charge is 2.43. The van der Waals surface area contributed by atoms with Crippen LogP contribution in [0.5, 0.6) is 0 Å². The molecule has 1 aliphatic heterocycles. The Labute approximate surface area is 103 Å². The minimum Gasteiger partial charge on any atom is -0.365 e. The van der Waals surface area contributed by atoms with Gasteiger partial charge in [0.2, 0.25) is 0 Å². The van der Waals surface area contributed by atoms with Crippen molar-refractivity contribution in [3.05, 3.63) is 0 Å². The highest BCUT2D eigenvalue weighted by molar-refractivity contribution is 6.18. The number of rotatable bonds is 4. The molecule has 0 spiro atoms. The molecule has 1 atom stereocenters. The van der Waals surface area contributed by atoms with E-state index in [0.29, 0.717) is 19.4 Å². The lowest BCUT2D eigenvalue weighted by Crippen LogP contribution is -2.50. The van der Waals surface area contributed by atoms with E-state index in [1.807, 2.05) is 0 Å². The van der Waals surface area contributed by atoms with Crippen molar-refractivity contribution in [3.8, 4) is 0 Å². The molecule has 1 amide bonds. The van der Waals surface area contributed by atoms with Crippen LogP contribution < -0.4 is 0 Å². The lowest BCUT2D eigenvalue weighted by molar-refractivity contribution is -0.172. The van der Waals surface area contributed by atoms with Gasteiger partial charge >= 0.3 is 6.18 Å². The number of alkyl halides is 4. The molecule has 1 aliphatic rings. The first-order valence-corrected chi connectivity index (χ1v) is 5.88. The number of halogens is 4. The Kier molecular flexibility index (Phi) is 4.66. The number of carbonyl (C=O) groups is 1. The van der Waals surface area contributed by atoms with Crippen molar-refractivity contribution in [2.45, 2.75) is 31.5 Å². The summed E-state index contributed by atoms with van der Waals surface area (Å²) >= 11 is 5.42. The average Bonchev–Trinajstić information content (AvgIpc) is 2.63. The fourth-order valence-corrected chi connectivity index (χ4v) is 2.06. The molecule has 0 bridgehead atoms. The molecule has 1 unspecified atom stereocenters. The molecule has 0 aliphatic carbocycles. The summed E-state index contributed by atoms with van der Waals surface area (Å²) in [5, 5.41) is 0. The van der Waals surface area contributed by atoms with Crippen LogP contribution in [0.1, 0.15) is 19.8 Å². The van der Waals surface area contributed by atoms with Gasteiger partial charge in [-0.2, -0.15) is 13.2 Å². The van der Waals surface area contributed by atoms with Gasteiger partial charge in [0.15, 0.2) is 0 Å². The van der Waals surface area contributed by atoms with E-state index in [1.165, 1.54) is 6.92 Å². The highest BCUT2D eigenvalue weighted by atomic mass is 35.5. The summed E-state index contributed by atoms with van der Waals surface area (Å²) in [5.41, 5.74) is -1.13. The zero-order valence-electron chi connectivity index (χ0n) is 9.52. The van der Waals surface area contributed by atoms with Crippen molar-refractivity contribution in [3.63, 3.8) is 0 Å². The lowest BCUT2D eigenvalue weighted by Gasteiger charge is -2.31. The van der Waals surface area contributed by atoms with Gasteiger partial charge in [0, 0.05) is 19.0 Å². The number of hydrogen-bond acceptors (Lipinski definition) is 2. The highest BCUT2D eigenvalue weighted by Crippen LogP contribution is 2.28. The molecule has 0 radical (unpaired) electrons. The van der Waals surface area contributed by atoms with Crippen LogP contribution >= 0.6 is 11.6 Å². The molecule has 1 heterocycles. The molecule has 0 saturated carbocycles. The molecular weight excluding hydrogens is 259 g/mol. The number of carbonyl (C=O) groups excluding carboxylic acids is 1. The molecule has 17 heavy (non-hydrogen) atoms. The molecule has 0 aromatic rings. The summed E-state index contributed by atoms with van der Waals surface area (Å²) in [5.74, 6) is -0.661. The monoisotopic (exact) mass is 273 g/mol. The van der Waals surface area contributed by atoms with Crippen molar-refractivity contribution >= 4 is 17.5 Å². The second-order valence-electron chi connectivity index (χ2n) is 4.21. The van der Waals surface area contributed by atoms with Gasteiger partial charge in [-0.3, -0.25) is 4.79 Å². The average molecular weight is 274 g/mol. The minimum atomic E-state index is -4.42. The van der Waals surface area contributed by atoms with Gasteiger partial charge in [-0.15, -0.1) is 11.6 Å². The van der Waals surface area contributed by atoms with Gasteiger partial charge in [-0.1, -0.05) is 0 Å². The molecule has 3 nitrogen and oxygen atoms in total. The van der Waals surface area contributed by atoms with Gasteiger partial charge in [0.1, 0.15) is 12.1 Å². The molecule has 0 aromatic heterocycles. The van der Waals surface area contributed by atoms with E-state index in [-0.39, 0.29) is 12.4 Å². The Balaban J connectivity index is 2.72. The molecule has 1 fully saturated rings. The predicted molar refractivity (Wildman–Crippen MR) is 56.9 cm³/mol. The molecule has 100 valence electrons. The van der Waals surface area contributed by atoms with Crippen LogP contribution in [-0.4, -0.2) is 48.2 Å². The Morgan fingerprint density at radius 3 is 2.59 bits per heavy atom. The largest absolute Gasteiger partial charge is 0.406 e. The molecule has 1 rings (SSSR count). The molecule has 1 saturated heterocycles. The van der Waals surface area contributed by atoms with Gasteiger partial charge < -0.3 is 9.64 Å². The second-order valence-corrected chi connectivity index (χ2v) is 4.59. The van der Waals surface area contributed by atoms with E-state index in [0.717, 1.165) is 4.90 Å². The van der Waals surface area contributed by atoms with Crippen LogP contribution in [0.25, 0.3) is 0 Å². The van der Waals surface area contributed by atoms with Gasteiger partial charge in [-0.05, 0) is 19.8 Å². The summed E-state index contributed by atoms with van der Waals surface area (Å²) in [6.07, 6.45) is -3.29. The summed E-state index contributed by atoms with van der Waals surface area (Å²) in [7, 11) is 0. The summed E-state index contributed by atoms with van der Waals surface area (Å²) < 4.78 is 42.2. The fourth-order valence-electron chi connectivity index (χ4n) is 1.85. The third kappa shape index (κ3) is 4.03. The summed E-state index contributed by atoms with van der Waals surface area (Å²) in [6, 6.07) is 0. The molecule has 0 N–H and O–H groups in total.